The van der Waals surface area contributed by atoms with Crippen molar-refractivity contribution in [1.82, 2.24) is 29.5 Å². The van der Waals surface area contributed by atoms with E-state index in [0.717, 1.165) is 11.1 Å². The monoisotopic (exact) mass is 559 g/mol. The first-order valence-corrected chi connectivity index (χ1v) is 14.5. The predicted molar refractivity (Wildman–Crippen MR) is 150 cm³/mol. The van der Waals surface area contributed by atoms with Gasteiger partial charge in [0.15, 0.2) is 17.0 Å². The summed E-state index contributed by atoms with van der Waals surface area (Å²) in [6.07, 6.45) is 3.79. The van der Waals surface area contributed by atoms with E-state index in [1.165, 1.54) is 6.33 Å². The van der Waals surface area contributed by atoms with Gasteiger partial charge in [0.2, 0.25) is 0 Å². The van der Waals surface area contributed by atoms with Crippen molar-refractivity contribution < 1.29 is 23.4 Å². The molecule has 0 radical (unpaired) electrons. The summed E-state index contributed by atoms with van der Waals surface area (Å²) in [5, 5.41) is 2.84. The van der Waals surface area contributed by atoms with Gasteiger partial charge in [-0.05, 0) is 45.7 Å². The van der Waals surface area contributed by atoms with Gasteiger partial charge >= 0.3 is 5.97 Å². The molecule has 212 valence electrons. The Kier molecular flexibility index (Phi) is 10.7. The van der Waals surface area contributed by atoms with Gasteiger partial charge in [0.05, 0.1) is 38.0 Å². The Morgan fingerprint density at radius 3 is 2.62 bits per heavy atom. The molecule has 0 aliphatic heterocycles. The van der Waals surface area contributed by atoms with Crippen LogP contribution in [0, 0.1) is 6.92 Å². The van der Waals surface area contributed by atoms with Gasteiger partial charge in [0.1, 0.15) is 18.7 Å². The van der Waals surface area contributed by atoms with E-state index >= 15 is 0 Å². The van der Waals surface area contributed by atoms with Gasteiger partial charge in [-0.2, -0.15) is 0 Å². The second-order valence-electron chi connectivity index (χ2n) is 9.79. The predicted octanol–water partition coefficient (Wildman–Crippen LogP) is 4.06. The quantitative estimate of drug-likeness (QED) is 0.133. The summed E-state index contributed by atoms with van der Waals surface area (Å²) in [6, 6.07) is 6.82. The Morgan fingerprint density at radius 2 is 1.92 bits per heavy atom. The van der Waals surface area contributed by atoms with Crippen LogP contribution in [0.4, 0.5) is 5.82 Å². The molecule has 0 saturated carbocycles. The van der Waals surface area contributed by atoms with Crippen molar-refractivity contribution in [2.75, 3.05) is 20.4 Å². The van der Waals surface area contributed by atoms with Gasteiger partial charge in [-0.3, -0.25) is 9.36 Å². The van der Waals surface area contributed by atoms with Crippen LogP contribution in [0.1, 0.15) is 38.8 Å². The number of aromatic nitrogens is 4. The van der Waals surface area contributed by atoms with Gasteiger partial charge in [-0.25, -0.2) is 25.0 Å². The number of imidazole rings is 1. The Hall–Kier alpha value is -3.18. The van der Waals surface area contributed by atoms with Crippen LogP contribution in [0.5, 0.6) is 0 Å². The molecule has 3 unspecified atom stereocenters. The van der Waals surface area contributed by atoms with Crippen molar-refractivity contribution in [1.29, 1.82) is 0 Å². The second-order valence-corrected chi connectivity index (χ2v) is 11.9. The molecule has 3 atom stereocenters. The first-order chi connectivity index (χ1) is 18.5. The highest BCUT2D eigenvalue weighted by Crippen LogP contribution is 2.44. The van der Waals surface area contributed by atoms with Crippen LogP contribution in [-0.4, -0.2) is 75.4 Å². The van der Waals surface area contributed by atoms with Crippen molar-refractivity contribution in [2.24, 2.45) is 4.99 Å². The molecule has 0 fully saturated rings. The summed E-state index contributed by atoms with van der Waals surface area (Å²) >= 11 is 0. The number of fused-ring (bicyclic) bond motifs is 1. The summed E-state index contributed by atoms with van der Waals surface area (Å²) in [6.45, 7) is 9.38. The van der Waals surface area contributed by atoms with Crippen LogP contribution >= 0.6 is 7.52 Å². The van der Waals surface area contributed by atoms with E-state index in [1.807, 2.05) is 56.8 Å². The highest BCUT2D eigenvalue weighted by Gasteiger charge is 2.31. The molecule has 1 aromatic carbocycles. The van der Waals surface area contributed by atoms with Gasteiger partial charge in [0, 0.05) is 14.1 Å². The molecular weight excluding hydrogens is 521 g/mol. The molecule has 12 nitrogen and oxygen atoms in total. The topological polar surface area (TPSA) is 133 Å². The number of benzene rings is 1. The van der Waals surface area contributed by atoms with Crippen LogP contribution in [-0.2, 0) is 36.5 Å². The van der Waals surface area contributed by atoms with E-state index in [0.29, 0.717) is 23.5 Å². The molecule has 0 saturated heterocycles. The van der Waals surface area contributed by atoms with E-state index < -0.39 is 19.5 Å². The third kappa shape index (κ3) is 8.93. The number of nitrogens with one attached hydrogen (secondary N) is 1. The number of ether oxygens (including phenoxy) is 2. The number of aliphatic imine (C=N–C) groups is 1. The van der Waals surface area contributed by atoms with Gasteiger partial charge in [0.25, 0.3) is 7.52 Å². The maximum Gasteiger partial charge on any atom is 0.323 e. The molecule has 2 aromatic heterocycles. The third-order valence-corrected chi connectivity index (χ3v) is 7.38. The highest BCUT2D eigenvalue weighted by atomic mass is 31.2. The summed E-state index contributed by atoms with van der Waals surface area (Å²) in [4.78, 5) is 31.5. The Bertz CT molecular complexity index is 1330. The minimum Gasteiger partial charge on any atom is -0.462 e. The lowest BCUT2D eigenvalue weighted by atomic mass is 10.1. The average molecular weight is 560 g/mol. The number of carbonyl (C=O) groups is 1. The van der Waals surface area contributed by atoms with Crippen molar-refractivity contribution in [3.63, 3.8) is 0 Å². The molecule has 3 aromatic rings. The number of rotatable bonds is 14. The molecule has 0 spiro atoms. The minimum atomic E-state index is -3.62. The number of aryl methyl sites for hydroxylation is 1. The van der Waals surface area contributed by atoms with Crippen LogP contribution in [0.3, 0.4) is 0 Å². The molecule has 13 heteroatoms. The Morgan fingerprint density at radius 1 is 1.18 bits per heavy atom. The number of carbonyl (C=O) groups excluding carboxylic acids is 1. The van der Waals surface area contributed by atoms with E-state index in [2.05, 4.69) is 25.0 Å². The lowest BCUT2D eigenvalue weighted by Crippen LogP contribution is -2.36. The molecule has 39 heavy (non-hydrogen) atoms. The van der Waals surface area contributed by atoms with E-state index in [-0.39, 0.29) is 25.2 Å². The summed E-state index contributed by atoms with van der Waals surface area (Å²) < 4.78 is 32.8. The summed E-state index contributed by atoms with van der Waals surface area (Å²) in [5.74, 6) is -0.0586. The van der Waals surface area contributed by atoms with Crippen molar-refractivity contribution in [3.8, 4) is 0 Å². The van der Waals surface area contributed by atoms with Crippen molar-refractivity contribution in [2.45, 2.75) is 66.0 Å². The van der Waals surface area contributed by atoms with E-state index in [1.54, 1.807) is 38.3 Å². The van der Waals surface area contributed by atoms with Crippen LogP contribution < -0.4 is 5.09 Å². The molecular formula is C26H38N7O5P. The number of hydrogen-bond donors (Lipinski definition) is 1. The maximum absolute atomic E-state index is 13.9. The smallest absolute Gasteiger partial charge is 0.323 e. The van der Waals surface area contributed by atoms with Gasteiger partial charge in [-0.15, -0.1) is 0 Å². The fraction of sp³-hybridized carbons (Fsp3) is 0.500. The van der Waals surface area contributed by atoms with Crippen LogP contribution in [0.2, 0.25) is 0 Å². The second kappa shape index (κ2) is 13.7. The summed E-state index contributed by atoms with van der Waals surface area (Å²) in [5.41, 5.74) is 3.07. The lowest BCUT2D eigenvalue weighted by molar-refractivity contribution is -0.149. The Balaban J connectivity index is 1.71. The average Bonchev–Trinajstić information content (AvgIpc) is 3.28. The molecule has 0 bridgehead atoms. The van der Waals surface area contributed by atoms with Crippen LogP contribution in [0.25, 0.3) is 11.2 Å². The zero-order valence-electron chi connectivity index (χ0n) is 23.6. The molecule has 0 aliphatic rings. The van der Waals surface area contributed by atoms with E-state index in [9.17, 15) is 9.36 Å². The third-order valence-electron chi connectivity index (χ3n) is 5.56. The Labute approximate surface area is 229 Å². The minimum absolute atomic E-state index is 0.0972. The zero-order valence-corrected chi connectivity index (χ0v) is 24.5. The fourth-order valence-corrected chi connectivity index (χ4v) is 5.28. The molecule has 2 heterocycles. The fourth-order valence-electron chi connectivity index (χ4n) is 3.56. The molecule has 0 amide bonds. The number of nitrogens with zero attached hydrogens (tertiary/aromatic N) is 6. The highest BCUT2D eigenvalue weighted by molar-refractivity contribution is 7.56. The normalized spacial score (nSPS) is 15.0. The van der Waals surface area contributed by atoms with Crippen LogP contribution in [0.15, 0.2) is 41.9 Å². The lowest BCUT2D eigenvalue weighted by Gasteiger charge is -2.25. The maximum atomic E-state index is 13.9. The molecule has 0 aliphatic carbocycles. The van der Waals surface area contributed by atoms with E-state index in [4.69, 9.17) is 14.0 Å². The first kappa shape index (κ1) is 30.4. The standard InChI is InChI=1S/C26H38N7O5P/c1-18(2)38-26(34)21(5)31-39(35,37-13-22-11-9-8-10-19(22)3)17-36-20(4)12-33-16-29-23-24(30-15-32(6)7)27-14-28-25(23)33/h8-11,14-16,18,20-21H,12-13,17H2,1-7H3,(H,31,35). The molecule has 1 N–H and O–H groups in total. The SMILES string of the molecule is Cc1ccccc1COP(=O)(COC(C)Cn1cnc2c(N=CN(C)C)ncnc21)NC(C)C(=O)OC(C)C. The first-order valence-electron chi connectivity index (χ1n) is 12.7. The number of esters is 1. The van der Waals surface area contributed by atoms with Crippen molar-refractivity contribution >= 4 is 36.8 Å². The van der Waals surface area contributed by atoms with Gasteiger partial charge < -0.3 is 23.5 Å². The zero-order chi connectivity index (χ0) is 28.6. The van der Waals surface area contributed by atoms with Gasteiger partial charge in [-0.1, -0.05) is 24.3 Å². The summed E-state index contributed by atoms with van der Waals surface area (Å²) in [7, 11) is 0.110. The molecule has 3 rings (SSSR count). The van der Waals surface area contributed by atoms with Crippen molar-refractivity contribution in [3.05, 3.63) is 48.0 Å². The largest absolute Gasteiger partial charge is 0.462 e. The number of hydrogen-bond acceptors (Lipinski definition) is 9.